The zero-order valence-corrected chi connectivity index (χ0v) is 10.6. The van der Waals surface area contributed by atoms with Crippen LogP contribution in [0, 0.1) is 0 Å². The van der Waals surface area contributed by atoms with Crippen molar-refractivity contribution in [3.05, 3.63) is 0 Å². The number of hydrogen-bond acceptors (Lipinski definition) is 3. The Bertz CT molecular complexity index is 283. The van der Waals surface area contributed by atoms with Crippen LogP contribution in [0.5, 0.6) is 0 Å². The van der Waals surface area contributed by atoms with Gasteiger partial charge in [-0.2, -0.15) is 0 Å². The third-order valence-electron chi connectivity index (χ3n) is 1.82. The van der Waals surface area contributed by atoms with Gasteiger partial charge in [-0.05, 0) is 26.7 Å². The molecule has 0 bridgehead atoms. The maximum atomic E-state index is 11.3. The summed E-state index contributed by atoms with van der Waals surface area (Å²) in [5, 5.41) is 2.73. The normalized spacial score (nSPS) is 11.7. The van der Waals surface area contributed by atoms with Gasteiger partial charge in [-0.3, -0.25) is 4.79 Å². The topological polar surface area (TPSA) is 63.2 Å². The monoisotopic (exact) mass is 235 g/mol. The van der Waals surface area contributed by atoms with E-state index in [1.54, 1.807) is 0 Å². The molecule has 0 aromatic rings. The highest BCUT2D eigenvalue weighted by Gasteiger charge is 2.10. The van der Waals surface area contributed by atoms with E-state index in [0.717, 1.165) is 0 Å². The van der Waals surface area contributed by atoms with Gasteiger partial charge < -0.3 is 5.32 Å². The van der Waals surface area contributed by atoms with Crippen LogP contribution in [-0.2, 0) is 14.6 Å². The number of rotatable bonds is 7. The van der Waals surface area contributed by atoms with E-state index in [1.807, 2.05) is 20.8 Å². The van der Waals surface area contributed by atoms with E-state index in [0.29, 0.717) is 19.3 Å². The van der Waals surface area contributed by atoms with Crippen LogP contribution in [0.25, 0.3) is 0 Å². The first-order chi connectivity index (χ1) is 6.87. The highest BCUT2D eigenvalue weighted by atomic mass is 32.2. The Morgan fingerprint density at radius 2 is 1.87 bits per heavy atom. The second-order valence-electron chi connectivity index (χ2n) is 3.98. The lowest BCUT2D eigenvalue weighted by Gasteiger charge is -2.07. The maximum Gasteiger partial charge on any atom is 0.220 e. The minimum atomic E-state index is -2.94. The van der Waals surface area contributed by atoms with Gasteiger partial charge >= 0.3 is 0 Å². The Hall–Kier alpha value is -0.580. The zero-order valence-electron chi connectivity index (χ0n) is 9.75. The molecule has 0 aliphatic carbocycles. The molecule has 0 atom stereocenters. The summed E-state index contributed by atoms with van der Waals surface area (Å²) in [6.45, 7) is 5.60. The molecule has 1 amide bonds. The van der Waals surface area contributed by atoms with E-state index < -0.39 is 9.84 Å². The maximum absolute atomic E-state index is 11.3. The lowest BCUT2D eigenvalue weighted by atomic mass is 10.3. The van der Waals surface area contributed by atoms with Crippen LogP contribution in [0.15, 0.2) is 0 Å². The zero-order chi connectivity index (χ0) is 11.9. The van der Waals surface area contributed by atoms with Gasteiger partial charge in [0.2, 0.25) is 5.91 Å². The SMILES string of the molecule is CCCS(=O)(=O)CCCC(=O)NC(C)C. The molecule has 1 N–H and O–H groups in total. The van der Waals surface area contributed by atoms with Crippen molar-refractivity contribution in [1.29, 1.82) is 0 Å². The molecule has 0 saturated carbocycles. The standard InChI is InChI=1S/C10H21NO3S/c1-4-7-15(13,14)8-5-6-10(12)11-9(2)3/h9H,4-8H2,1-3H3,(H,11,12). The lowest BCUT2D eigenvalue weighted by molar-refractivity contribution is -0.121. The van der Waals surface area contributed by atoms with E-state index in [2.05, 4.69) is 5.32 Å². The lowest BCUT2D eigenvalue weighted by Crippen LogP contribution is -2.30. The molecule has 0 aliphatic rings. The molecule has 0 aromatic carbocycles. The van der Waals surface area contributed by atoms with Gasteiger partial charge in [-0.1, -0.05) is 6.92 Å². The smallest absolute Gasteiger partial charge is 0.220 e. The van der Waals surface area contributed by atoms with E-state index in [-0.39, 0.29) is 23.5 Å². The van der Waals surface area contributed by atoms with Crippen LogP contribution in [0.4, 0.5) is 0 Å². The molecule has 0 rings (SSSR count). The summed E-state index contributed by atoms with van der Waals surface area (Å²) in [4.78, 5) is 11.2. The quantitative estimate of drug-likeness (QED) is 0.719. The molecule has 0 radical (unpaired) electrons. The van der Waals surface area contributed by atoms with E-state index in [4.69, 9.17) is 0 Å². The average molecular weight is 235 g/mol. The van der Waals surface area contributed by atoms with Crippen LogP contribution in [0.3, 0.4) is 0 Å². The Morgan fingerprint density at radius 1 is 1.27 bits per heavy atom. The first-order valence-electron chi connectivity index (χ1n) is 5.37. The summed E-state index contributed by atoms with van der Waals surface area (Å²) < 4.78 is 22.6. The van der Waals surface area contributed by atoms with Gasteiger partial charge in [0.25, 0.3) is 0 Å². The fourth-order valence-corrected chi connectivity index (χ4v) is 2.67. The fraction of sp³-hybridized carbons (Fsp3) is 0.900. The Labute approximate surface area is 92.4 Å². The highest BCUT2D eigenvalue weighted by Crippen LogP contribution is 1.99. The van der Waals surface area contributed by atoms with Gasteiger partial charge in [0.1, 0.15) is 9.84 Å². The molecule has 0 fully saturated rings. The molecule has 0 heterocycles. The minimum Gasteiger partial charge on any atom is -0.354 e. The van der Waals surface area contributed by atoms with Crippen LogP contribution in [0.1, 0.15) is 40.0 Å². The summed E-state index contributed by atoms with van der Waals surface area (Å²) in [5.74, 6) is 0.266. The predicted molar refractivity (Wildman–Crippen MR) is 61.5 cm³/mol. The van der Waals surface area contributed by atoms with Gasteiger partial charge in [0, 0.05) is 18.2 Å². The molecule has 0 aromatic heterocycles. The second kappa shape index (κ2) is 6.82. The molecular weight excluding hydrogens is 214 g/mol. The third-order valence-corrected chi connectivity index (χ3v) is 3.76. The number of hydrogen-bond donors (Lipinski definition) is 1. The van der Waals surface area contributed by atoms with Crippen molar-refractivity contribution in [2.75, 3.05) is 11.5 Å². The molecule has 15 heavy (non-hydrogen) atoms. The molecule has 0 saturated heterocycles. The largest absolute Gasteiger partial charge is 0.354 e. The van der Waals surface area contributed by atoms with Crippen molar-refractivity contribution in [1.82, 2.24) is 5.32 Å². The third kappa shape index (κ3) is 8.42. The Kier molecular flexibility index (Phi) is 6.56. The van der Waals surface area contributed by atoms with Gasteiger partial charge in [0.05, 0.1) is 5.75 Å². The van der Waals surface area contributed by atoms with Gasteiger partial charge in [0.15, 0.2) is 0 Å². The fourth-order valence-electron chi connectivity index (χ4n) is 1.26. The van der Waals surface area contributed by atoms with Crippen LogP contribution in [0.2, 0.25) is 0 Å². The van der Waals surface area contributed by atoms with E-state index in [9.17, 15) is 13.2 Å². The Balaban J connectivity index is 3.75. The molecule has 90 valence electrons. The molecule has 0 aliphatic heterocycles. The predicted octanol–water partition coefficient (Wildman–Crippen LogP) is 1.12. The molecule has 4 nitrogen and oxygen atoms in total. The summed E-state index contributed by atoms with van der Waals surface area (Å²) in [7, 11) is -2.94. The van der Waals surface area contributed by atoms with Crippen LogP contribution >= 0.6 is 0 Å². The van der Waals surface area contributed by atoms with E-state index >= 15 is 0 Å². The summed E-state index contributed by atoms with van der Waals surface area (Å²) in [5.41, 5.74) is 0. The number of carbonyl (C=O) groups is 1. The minimum absolute atomic E-state index is 0.0725. The molecule has 0 unspecified atom stereocenters. The van der Waals surface area contributed by atoms with Crippen LogP contribution in [-0.4, -0.2) is 31.9 Å². The van der Waals surface area contributed by atoms with Crippen LogP contribution < -0.4 is 5.32 Å². The Morgan fingerprint density at radius 3 is 2.33 bits per heavy atom. The van der Waals surface area contributed by atoms with Crippen molar-refractivity contribution in [3.63, 3.8) is 0 Å². The number of carbonyl (C=O) groups excluding carboxylic acids is 1. The number of sulfone groups is 1. The first kappa shape index (κ1) is 14.4. The molecule has 5 heteroatoms. The van der Waals surface area contributed by atoms with E-state index in [1.165, 1.54) is 0 Å². The second-order valence-corrected chi connectivity index (χ2v) is 6.28. The van der Waals surface area contributed by atoms with Gasteiger partial charge in [-0.25, -0.2) is 8.42 Å². The van der Waals surface area contributed by atoms with Gasteiger partial charge in [-0.15, -0.1) is 0 Å². The van der Waals surface area contributed by atoms with Crippen molar-refractivity contribution < 1.29 is 13.2 Å². The summed E-state index contributed by atoms with van der Waals surface area (Å²) in [6.07, 6.45) is 1.35. The van der Waals surface area contributed by atoms with Crippen molar-refractivity contribution in [2.24, 2.45) is 0 Å². The van der Waals surface area contributed by atoms with Crippen molar-refractivity contribution >= 4 is 15.7 Å². The average Bonchev–Trinajstić information content (AvgIpc) is 2.01. The summed E-state index contributed by atoms with van der Waals surface area (Å²) in [6, 6.07) is 0.116. The summed E-state index contributed by atoms with van der Waals surface area (Å²) >= 11 is 0. The number of nitrogens with one attached hydrogen (secondary N) is 1. The molecular formula is C10H21NO3S. The first-order valence-corrected chi connectivity index (χ1v) is 7.19. The number of amides is 1. The van der Waals surface area contributed by atoms with Crippen molar-refractivity contribution in [3.8, 4) is 0 Å². The molecule has 0 spiro atoms. The van der Waals surface area contributed by atoms with Crippen molar-refractivity contribution in [2.45, 2.75) is 46.1 Å². The highest BCUT2D eigenvalue weighted by molar-refractivity contribution is 7.91.